The Morgan fingerprint density at radius 3 is 2.48 bits per heavy atom. The Labute approximate surface area is 139 Å². The molecule has 1 saturated heterocycles. The summed E-state index contributed by atoms with van der Waals surface area (Å²) in [4.78, 5) is 17.1. The fourth-order valence-corrected chi connectivity index (χ4v) is 3.97. The van der Waals surface area contributed by atoms with Crippen LogP contribution < -0.4 is 0 Å². The average Bonchev–Trinajstić information content (AvgIpc) is 3.04. The molecule has 1 amide bonds. The van der Waals surface area contributed by atoms with Crippen LogP contribution in [0.25, 0.3) is 0 Å². The molecule has 1 aliphatic heterocycles. The fourth-order valence-electron chi connectivity index (χ4n) is 3.40. The van der Waals surface area contributed by atoms with Crippen molar-refractivity contribution in [3.05, 3.63) is 33.3 Å². The first kappa shape index (κ1) is 15.3. The maximum atomic E-state index is 12.6. The molecule has 21 heavy (non-hydrogen) atoms. The summed E-state index contributed by atoms with van der Waals surface area (Å²) < 4.78 is 0.777. The van der Waals surface area contributed by atoms with Gasteiger partial charge < -0.3 is 4.90 Å². The minimum absolute atomic E-state index is 0.0485. The molecule has 0 bridgehead atoms. The SMILES string of the molecule is O=C(c1cccc(Br)c1Cl)N1CCN(C2CCCC2)CC1. The molecule has 1 aromatic carbocycles. The first-order valence-electron chi connectivity index (χ1n) is 7.64. The third kappa shape index (κ3) is 3.27. The highest BCUT2D eigenvalue weighted by atomic mass is 79.9. The molecule has 114 valence electrons. The lowest BCUT2D eigenvalue weighted by Gasteiger charge is -2.38. The predicted molar refractivity (Wildman–Crippen MR) is 88.9 cm³/mol. The Balaban J connectivity index is 1.63. The van der Waals surface area contributed by atoms with Crippen LogP contribution in [0.3, 0.4) is 0 Å². The second-order valence-corrected chi connectivity index (χ2v) is 7.10. The van der Waals surface area contributed by atoms with E-state index >= 15 is 0 Å². The molecular formula is C16H20BrClN2O. The first-order chi connectivity index (χ1) is 10.2. The maximum absolute atomic E-state index is 12.6. The summed E-state index contributed by atoms with van der Waals surface area (Å²) in [5, 5.41) is 0.515. The lowest BCUT2D eigenvalue weighted by Crippen LogP contribution is -2.51. The fraction of sp³-hybridized carbons (Fsp3) is 0.562. The molecule has 3 nitrogen and oxygen atoms in total. The molecule has 0 unspecified atom stereocenters. The molecule has 2 aliphatic rings. The first-order valence-corrected chi connectivity index (χ1v) is 8.81. The van der Waals surface area contributed by atoms with Crippen LogP contribution in [0.15, 0.2) is 22.7 Å². The standard InChI is InChI=1S/C16H20BrClN2O/c17-14-7-3-6-13(15(14)18)16(21)20-10-8-19(9-11-20)12-4-1-2-5-12/h3,6-7,12H,1-2,4-5,8-11H2. The van der Waals surface area contributed by atoms with Gasteiger partial charge in [-0.1, -0.05) is 30.5 Å². The van der Waals surface area contributed by atoms with Crippen molar-refractivity contribution in [2.75, 3.05) is 26.2 Å². The highest BCUT2D eigenvalue weighted by Crippen LogP contribution is 2.28. The zero-order valence-corrected chi connectivity index (χ0v) is 14.4. The van der Waals surface area contributed by atoms with E-state index < -0.39 is 0 Å². The number of piperazine rings is 1. The number of carbonyl (C=O) groups excluding carboxylic acids is 1. The summed E-state index contributed by atoms with van der Waals surface area (Å²) in [6.07, 6.45) is 5.37. The van der Waals surface area contributed by atoms with Gasteiger partial charge in [0.05, 0.1) is 10.6 Å². The van der Waals surface area contributed by atoms with Gasteiger partial charge in [-0.15, -0.1) is 0 Å². The second kappa shape index (κ2) is 6.67. The van der Waals surface area contributed by atoms with Crippen LogP contribution in [-0.2, 0) is 0 Å². The summed E-state index contributed by atoms with van der Waals surface area (Å²) in [5.41, 5.74) is 0.598. The van der Waals surface area contributed by atoms with E-state index in [1.807, 2.05) is 17.0 Å². The van der Waals surface area contributed by atoms with Crippen molar-refractivity contribution >= 4 is 33.4 Å². The monoisotopic (exact) mass is 370 g/mol. The van der Waals surface area contributed by atoms with E-state index in [0.29, 0.717) is 10.6 Å². The number of amides is 1. The minimum atomic E-state index is 0.0485. The number of carbonyl (C=O) groups is 1. The van der Waals surface area contributed by atoms with E-state index in [1.165, 1.54) is 25.7 Å². The van der Waals surface area contributed by atoms with Gasteiger partial charge in [0, 0.05) is 36.7 Å². The third-order valence-corrected chi connectivity index (χ3v) is 5.92. The highest BCUT2D eigenvalue weighted by molar-refractivity contribution is 9.10. The Kier molecular flexibility index (Phi) is 4.87. The van der Waals surface area contributed by atoms with Gasteiger partial charge in [0.25, 0.3) is 5.91 Å². The predicted octanol–water partition coefficient (Wildman–Crippen LogP) is 3.80. The van der Waals surface area contributed by atoms with E-state index in [9.17, 15) is 4.79 Å². The van der Waals surface area contributed by atoms with Crippen molar-refractivity contribution in [2.24, 2.45) is 0 Å². The summed E-state index contributed by atoms with van der Waals surface area (Å²) in [6.45, 7) is 3.58. The topological polar surface area (TPSA) is 23.6 Å². The van der Waals surface area contributed by atoms with Gasteiger partial charge in [-0.2, -0.15) is 0 Å². The average molecular weight is 372 g/mol. The van der Waals surface area contributed by atoms with E-state index in [4.69, 9.17) is 11.6 Å². The quantitative estimate of drug-likeness (QED) is 0.789. The summed E-state index contributed by atoms with van der Waals surface area (Å²) >= 11 is 9.62. The lowest BCUT2D eigenvalue weighted by atomic mass is 10.1. The zero-order valence-electron chi connectivity index (χ0n) is 12.0. The van der Waals surface area contributed by atoms with Gasteiger partial charge in [0.1, 0.15) is 0 Å². The van der Waals surface area contributed by atoms with Gasteiger partial charge in [-0.05, 0) is 40.9 Å². The number of hydrogen-bond donors (Lipinski definition) is 0. The minimum Gasteiger partial charge on any atom is -0.336 e. The maximum Gasteiger partial charge on any atom is 0.255 e. The van der Waals surface area contributed by atoms with Gasteiger partial charge >= 0.3 is 0 Å². The second-order valence-electron chi connectivity index (χ2n) is 5.87. The van der Waals surface area contributed by atoms with E-state index in [2.05, 4.69) is 20.8 Å². The van der Waals surface area contributed by atoms with Crippen molar-refractivity contribution in [3.8, 4) is 0 Å². The van der Waals surface area contributed by atoms with E-state index in [0.717, 1.165) is 36.7 Å². The van der Waals surface area contributed by atoms with Crippen molar-refractivity contribution in [3.63, 3.8) is 0 Å². The Hall–Kier alpha value is -0.580. The Morgan fingerprint density at radius 1 is 1.14 bits per heavy atom. The van der Waals surface area contributed by atoms with Crippen molar-refractivity contribution in [1.29, 1.82) is 0 Å². The van der Waals surface area contributed by atoms with Gasteiger partial charge in [-0.3, -0.25) is 9.69 Å². The normalized spacial score (nSPS) is 21.0. The number of rotatable bonds is 2. The Bertz CT molecular complexity index is 523. The molecule has 1 saturated carbocycles. The van der Waals surface area contributed by atoms with Crippen molar-refractivity contribution < 1.29 is 4.79 Å². The Morgan fingerprint density at radius 2 is 1.81 bits per heavy atom. The molecule has 0 N–H and O–H groups in total. The van der Waals surface area contributed by atoms with Crippen LogP contribution in [-0.4, -0.2) is 47.9 Å². The summed E-state index contributed by atoms with van der Waals surface area (Å²) in [6, 6.07) is 6.27. The zero-order chi connectivity index (χ0) is 14.8. The molecule has 0 radical (unpaired) electrons. The largest absolute Gasteiger partial charge is 0.336 e. The number of halogens is 2. The molecule has 1 heterocycles. The van der Waals surface area contributed by atoms with Crippen LogP contribution in [0, 0.1) is 0 Å². The molecule has 1 aromatic rings. The molecule has 1 aliphatic carbocycles. The number of hydrogen-bond acceptors (Lipinski definition) is 2. The van der Waals surface area contributed by atoms with Gasteiger partial charge in [-0.25, -0.2) is 0 Å². The van der Waals surface area contributed by atoms with Crippen molar-refractivity contribution in [1.82, 2.24) is 9.80 Å². The molecule has 5 heteroatoms. The number of nitrogens with zero attached hydrogens (tertiary/aromatic N) is 2. The summed E-state index contributed by atoms with van der Waals surface area (Å²) in [5.74, 6) is 0.0485. The summed E-state index contributed by atoms with van der Waals surface area (Å²) in [7, 11) is 0. The van der Waals surface area contributed by atoms with Gasteiger partial charge in [0.15, 0.2) is 0 Å². The van der Waals surface area contributed by atoms with Crippen LogP contribution in [0.4, 0.5) is 0 Å². The van der Waals surface area contributed by atoms with E-state index in [-0.39, 0.29) is 5.91 Å². The molecule has 0 aromatic heterocycles. The molecule has 0 spiro atoms. The van der Waals surface area contributed by atoms with Crippen LogP contribution >= 0.6 is 27.5 Å². The third-order valence-electron chi connectivity index (χ3n) is 4.62. The lowest BCUT2D eigenvalue weighted by molar-refractivity contribution is 0.0573. The molecule has 3 rings (SSSR count). The molecular weight excluding hydrogens is 352 g/mol. The van der Waals surface area contributed by atoms with Crippen LogP contribution in [0.1, 0.15) is 36.0 Å². The molecule has 2 fully saturated rings. The highest BCUT2D eigenvalue weighted by Gasteiger charge is 2.28. The number of benzene rings is 1. The van der Waals surface area contributed by atoms with Gasteiger partial charge in [0.2, 0.25) is 0 Å². The molecule has 0 atom stereocenters. The van der Waals surface area contributed by atoms with E-state index in [1.54, 1.807) is 6.07 Å². The van der Waals surface area contributed by atoms with Crippen LogP contribution in [0.5, 0.6) is 0 Å². The smallest absolute Gasteiger partial charge is 0.255 e. The van der Waals surface area contributed by atoms with Crippen LogP contribution in [0.2, 0.25) is 5.02 Å². The van der Waals surface area contributed by atoms with Crippen molar-refractivity contribution in [2.45, 2.75) is 31.7 Å².